The number of sulfonamides is 1. The van der Waals surface area contributed by atoms with Crippen LogP contribution in [0.4, 0.5) is 5.69 Å². The Morgan fingerprint density at radius 2 is 1.82 bits per heavy atom. The van der Waals surface area contributed by atoms with Crippen LogP contribution in [0.2, 0.25) is 0 Å². The normalized spacial score (nSPS) is 11.3. The summed E-state index contributed by atoms with van der Waals surface area (Å²) in [4.78, 5) is 23.3. The van der Waals surface area contributed by atoms with Gasteiger partial charge in [-0.2, -0.15) is 0 Å². The van der Waals surface area contributed by atoms with E-state index in [-0.39, 0.29) is 29.5 Å². The van der Waals surface area contributed by atoms with E-state index in [4.69, 9.17) is 4.42 Å². The number of hydrogen-bond acceptors (Lipinski definition) is 6. The minimum absolute atomic E-state index is 0.00158. The fourth-order valence-corrected chi connectivity index (χ4v) is 3.28. The second kappa shape index (κ2) is 9.38. The van der Waals surface area contributed by atoms with E-state index in [0.29, 0.717) is 12.2 Å². The molecule has 2 aromatic rings. The van der Waals surface area contributed by atoms with Crippen molar-refractivity contribution in [3.8, 4) is 0 Å². The van der Waals surface area contributed by atoms with Crippen LogP contribution in [0, 0.1) is 0 Å². The molecule has 2 amide bonds. The molecule has 9 nitrogen and oxygen atoms in total. The van der Waals surface area contributed by atoms with E-state index in [1.165, 1.54) is 39.4 Å². The molecule has 0 bridgehead atoms. The first-order chi connectivity index (χ1) is 13.2. The highest BCUT2D eigenvalue weighted by Gasteiger charge is 2.20. The smallest absolute Gasteiger partial charge is 0.251 e. The first-order valence-corrected chi connectivity index (χ1v) is 9.99. The Morgan fingerprint density at radius 3 is 2.43 bits per heavy atom. The quantitative estimate of drug-likeness (QED) is 0.533. The number of furan rings is 1. The summed E-state index contributed by atoms with van der Waals surface area (Å²) in [5, 5.41) is 8.32. The van der Waals surface area contributed by atoms with Crippen molar-refractivity contribution >= 4 is 27.5 Å². The van der Waals surface area contributed by atoms with Crippen molar-refractivity contribution in [1.82, 2.24) is 14.9 Å². The van der Waals surface area contributed by atoms with Crippen LogP contribution in [0.15, 0.2) is 46.1 Å². The molecule has 28 heavy (non-hydrogen) atoms. The highest BCUT2D eigenvalue weighted by atomic mass is 32.2. The van der Waals surface area contributed by atoms with Gasteiger partial charge in [0, 0.05) is 57.5 Å². The number of rotatable bonds is 9. The topological polar surface area (TPSA) is 121 Å². The summed E-state index contributed by atoms with van der Waals surface area (Å²) in [6.07, 6.45) is 3.11. The van der Waals surface area contributed by atoms with E-state index in [0.717, 1.165) is 9.87 Å². The summed E-state index contributed by atoms with van der Waals surface area (Å²) in [7, 11) is -0.877. The number of hydrogen-bond donors (Lipinski definition) is 3. The summed E-state index contributed by atoms with van der Waals surface area (Å²) < 4.78 is 31.2. The molecule has 0 saturated heterocycles. The van der Waals surface area contributed by atoms with Crippen molar-refractivity contribution in [2.24, 2.45) is 0 Å². The predicted octanol–water partition coefficient (Wildman–Crippen LogP) is 1.01. The molecular weight excluding hydrogens is 384 g/mol. The van der Waals surface area contributed by atoms with Gasteiger partial charge in [-0.3, -0.25) is 9.59 Å². The van der Waals surface area contributed by atoms with Crippen LogP contribution in [-0.2, 0) is 21.4 Å². The van der Waals surface area contributed by atoms with Crippen molar-refractivity contribution in [3.63, 3.8) is 0 Å². The third-order valence-corrected chi connectivity index (χ3v) is 5.60. The van der Waals surface area contributed by atoms with E-state index in [1.54, 1.807) is 18.4 Å². The van der Waals surface area contributed by atoms with Crippen molar-refractivity contribution in [2.45, 2.75) is 18.4 Å². The number of carbonyl (C=O) groups is 2. The highest BCUT2D eigenvalue weighted by molar-refractivity contribution is 7.89. The maximum Gasteiger partial charge on any atom is 0.251 e. The molecule has 0 fully saturated rings. The highest BCUT2D eigenvalue weighted by Crippen LogP contribution is 2.22. The zero-order valence-corrected chi connectivity index (χ0v) is 16.8. The molecule has 0 aliphatic carbocycles. The van der Waals surface area contributed by atoms with E-state index >= 15 is 0 Å². The number of carbonyl (C=O) groups excluding carboxylic acids is 2. The molecule has 152 valence electrons. The van der Waals surface area contributed by atoms with Crippen molar-refractivity contribution in [3.05, 3.63) is 47.9 Å². The van der Waals surface area contributed by atoms with E-state index < -0.39 is 15.9 Å². The van der Waals surface area contributed by atoms with Crippen LogP contribution in [-0.4, -0.2) is 51.7 Å². The van der Waals surface area contributed by atoms with Crippen molar-refractivity contribution in [2.75, 3.05) is 32.5 Å². The van der Waals surface area contributed by atoms with Crippen LogP contribution in [0.5, 0.6) is 0 Å². The summed E-state index contributed by atoms with van der Waals surface area (Å²) in [6, 6.07) is 6.15. The molecule has 0 saturated carbocycles. The Kier molecular flexibility index (Phi) is 7.18. The van der Waals surface area contributed by atoms with Crippen LogP contribution in [0.25, 0.3) is 0 Å². The number of anilines is 1. The second-order valence-corrected chi connectivity index (χ2v) is 8.41. The molecule has 10 heteroatoms. The van der Waals surface area contributed by atoms with Crippen LogP contribution in [0.3, 0.4) is 0 Å². The van der Waals surface area contributed by atoms with Gasteiger partial charge in [-0.15, -0.1) is 0 Å². The lowest BCUT2D eigenvalue weighted by molar-refractivity contribution is -0.118. The Balaban J connectivity index is 2.23. The molecule has 3 N–H and O–H groups in total. The fraction of sp³-hybridized carbons (Fsp3) is 0.333. The average molecular weight is 408 g/mol. The largest absolute Gasteiger partial charge is 0.472 e. The lowest BCUT2D eigenvalue weighted by Crippen LogP contribution is -2.33. The Labute approximate surface area is 164 Å². The standard InChI is InChI=1S/C18H24N4O5S/c1-13(23)19-5-6-20-18(24)15-8-16(21-11-14-4-7-27-12-14)10-17(9-15)28(25,26)22(2)3/h4,7-10,12,21H,5-6,11H2,1-3H3,(H,19,23)(H,20,24). The van der Waals surface area contributed by atoms with Gasteiger partial charge in [-0.1, -0.05) is 0 Å². The van der Waals surface area contributed by atoms with Crippen LogP contribution >= 0.6 is 0 Å². The maximum atomic E-state index is 12.5. The van der Waals surface area contributed by atoms with Gasteiger partial charge < -0.3 is 20.4 Å². The monoisotopic (exact) mass is 408 g/mol. The molecule has 0 unspecified atom stereocenters. The lowest BCUT2D eigenvalue weighted by Gasteiger charge is -2.15. The van der Waals surface area contributed by atoms with Gasteiger partial charge in [0.2, 0.25) is 15.9 Å². The first kappa shape index (κ1) is 21.5. The Morgan fingerprint density at radius 1 is 1.11 bits per heavy atom. The van der Waals surface area contributed by atoms with Gasteiger partial charge >= 0.3 is 0 Å². The maximum absolute atomic E-state index is 12.5. The summed E-state index contributed by atoms with van der Waals surface area (Å²) >= 11 is 0. The number of amides is 2. The number of nitrogens with one attached hydrogen (secondary N) is 3. The minimum atomic E-state index is -3.73. The van der Waals surface area contributed by atoms with Crippen LogP contribution in [0.1, 0.15) is 22.8 Å². The third kappa shape index (κ3) is 5.83. The van der Waals surface area contributed by atoms with Crippen molar-refractivity contribution in [1.29, 1.82) is 0 Å². The fourth-order valence-electron chi connectivity index (χ4n) is 2.31. The number of nitrogens with zero attached hydrogens (tertiary/aromatic N) is 1. The minimum Gasteiger partial charge on any atom is -0.472 e. The zero-order chi connectivity index (χ0) is 20.7. The molecule has 0 spiro atoms. The van der Waals surface area contributed by atoms with Gasteiger partial charge in [0.25, 0.3) is 5.91 Å². The van der Waals surface area contributed by atoms with Crippen LogP contribution < -0.4 is 16.0 Å². The van der Waals surface area contributed by atoms with E-state index in [2.05, 4.69) is 16.0 Å². The summed E-state index contributed by atoms with van der Waals surface area (Å²) in [5.74, 6) is -0.633. The lowest BCUT2D eigenvalue weighted by atomic mass is 10.2. The molecular formula is C18H24N4O5S. The molecule has 0 aliphatic heterocycles. The molecule has 1 aromatic carbocycles. The second-order valence-electron chi connectivity index (χ2n) is 6.26. The predicted molar refractivity (Wildman–Crippen MR) is 104 cm³/mol. The Hall–Kier alpha value is -2.85. The van der Waals surface area contributed by atoms with E-state index in [1.807, 2.05) is 0 Å². The zero-order valence-electron chi connectivity index (χ0n) is 16.0. The molecule has 1 aromatic heterocycles. The van der Waals surface area contributed by atoms with E-state index in [9.17, 15) is 18.0 Å². The average Bonchev–Trinajstić information content (AvgIpc) is 3.16. The van der Waals surface area contributed by atoms with Crippen molar-refractivity contribution < 1.29 is 22.4 Å². The summed E-state index contributed by atoms with van der Waals surface area (Å²) in [5.41, 5.74) is 1.55. The van der Waals surface area contributed by atoms with Gasteiger partial charge in [0.05, 0.1) is 17.4 Å². The molecule has 2 rings (SSSR count). The molecule has 0 atom stereocenters. The van der Waals surface area contributed by atoms with Gasteiger partial charge in [-0.25, -0.2) is 12.7 Å². The summed E-state index contributed by atoms with van der Waals surface area (Å²) in [6.45, 7) is 2.30. The third-order valence-electron chi connectivity index (χ3n) is 3.81. The SMILES string of the molecule is CC(=O)NCCNC(=O)c1cc(NCc2ccoc2)cc(S(=O)(=O)N(C)C)c1. The Bertz CT molecular complexity index is 923. The number of benzene rings is 1. The molecule has 0 aliphatic rings. The van der Waals surface area contributed by atoms with Gasteiger partial charge in [-0.05, 0) is 24.3 Å². The molecule has 1 heterocycles. The van der Waals surface area contributed by atoms with Gasteiger partial charge in [0.15, 0.2) is 0 Å². The van der Waals surface area contributed by atoms with Gasteiger partial charge in [0.1, 0.15) is 0 Å². The first-order valence-electron chi connectivity index (χ1n) is 8.55. The molecule has 0 radical (unpaired) electrons.